The van der Waals surface area contributed by atoms with Crippen LogP contribution < -0.4 is 5.73 Å². The van der Waals surface area contributed by atoms with Crippen LogP contribution in [0.4, 0.5) is 5.82 Å². The fraction of sp³-hybridized carbons (Fsp3) is 0.444. The zero-order valence-electron chi connectivity index (χ0n) is 8.55. The van der Waals surface area contributed by atoms with Crippen LogP contribution in [0.15, 0.2) is 6.20 Å². The van der Waals surface area contributed by atoms with Crippen molar-refractivity contribution in [3.8, 4) is 0 Å². The van der Waals surface area contributed by atoms with Crippen molar-refractivity contribution < 1.29 is 0 Å². The number of rotatable bonds is 1. The quantitative estimate of drug-likeness (QED) is 0.647. The molecule has 0 saturated carbocycles. The van der Waals surface area contributed by atoms with Crippen LogP contribution >= 0.6 is 0 Å². The molecule has 13 heavy (non-hydrogen) atoms. The first-order chi connectivity index (χ1) is 6.11. The molecule has 4 nitrogen and oxygen atoms in total. The van der Waals surface area contributed by atoms with Gasteiger partial charge in [-0.1, -0.05) is 13.8 Å². The van der Waals surface area contributed by atoms with Crippen LogP contribution in [-0.4, -0.2) is 15.7 Å². The second-order valence-corrected chi connectivity index (χ2v) is 2.37. The van der Waals surface area contributed by atoms with E-state index in [2.05, 4.69) is 9.97 Å². The van der Waals surface area contributed by atoms with E-state index < -0.39 is 0 Å². The van der Waals surface area contributed by atoms with Crippen molar-refractivity contribution in [3.05, 3.63) is 17.6 Å². The maximum Gasteiger partial charge on any atom is 0.151 e. The van der Waals surface area contributed by atoms with Gasteiger partial charge in [-0.05, 0) is 13.8 Å². The van der Waals surface area contributed by atoms with Gasteiger partial charge in [-0.15, -0.1) is 0 Å². The Kier molecular flexibility index (Phi) is 4.66. The van der Waals surface area contributed by atoms with Gasteiger partial charge in [-0.2, -0.15) is 0 Å². The molecule has 0 fully saturated rings. The third kappa shape index (κ3) is 3.19. The van der Waals surface area contributed by atoms with Crippen LogP contribution in [0.5, 0.6) is 0 Å². The van der Waals surface area contributed by atoms with Gasteiger partial charge >= 0.3 is 0 Å². The molecule has 1 heterocycles. The van der Waals surface area contributed by atoms with Crippen LogP contribution in [0.3, 0.4) is 0 Å². The first-order valence-corrected chi connectivity index (χ1v) is 4.26. The lowest BCUT2D eigenvalue weighted by molar-refractivity contribution is 1.10. The molecule has 4 heteroatoms. The van der Waals surface area contributed by atoms with E-state index in [0.717, 1.165) is 5.69 Å². The van der Waals surface area contributed by atoms with E-state index in [1.54, 1.807) is 13.1 Å². The maximum absolute atomic E-state index is 7.29. The minimum absolute atomic E-state index is 0.322. The highest BCUT2D eigenvalue weighted by atomic mass is 14.9. The molecule has 0 aliphatic rings. The zero-order valence-corrected chi connectivity index (χ0v) is 8.55. The Morgan fingerprint density at radius 2 is 2.00 bits per heavy atom. The van der Waals surface area contributed by atoms with Crippen molar-refractivity contribution in [3.63, 3.8) is 0 Å². The van der Waals surface area contributed by atoms with E-state index in [1.807, 2.05) is 20.8 Å². The SMILES string of the molecule is CC.CC(=N)c1nc(C)cnc1N. The number of nitrogen functional groups attached to an aromatic ring is 1. The smallest absolute Gasteiger partial charge is 0.151 e. The monoisotopic (exact) mass is 180 g/mol. The predicted octanol–water partition coefficient (Wildman–Crippen LogP) is 1.78. The molecule has 0 aliphatic carbocycles. The van der Waals surface area contributed by atoms with Gasteiger partial charge in [0.05, 0.1) is 17.6 Å². The Morgan fingerprint density at radius 1 is 1.46 bits per heavy atom. The molecule has 3 N–H and O–H groups in total. The Hall–Kier alpha value is -1.45. The minimum atomic E-state index is 0.322. The fourth-order valence-corrected chi connectivity index (χ4v) is 0.763. The summed E-state index contributed by atoms with van der Waals surface area (Å²) in [5, 5.41) is 7.29. The van der Waals surface area contributed by atoms with Gasteiger partial charge in [0.15, 0.2) is 5.82 Å². The topological polar surface area (TPSA) is 75.7 Å². The van der Waals surface area contributed by atoms with Gasteiger partial charge in [0.2, 0.25) is 0 Å². The lowest BCUT2D eigenvalue weighted by Gasteiger charge is -2.01. The summed E-state index contributed by atoms with van der Waals surface area (Å²) in [4.78, 5) is 7.93. The number of aryl methyl sites for hydroxylation is 1. The Balaban J connectivity index is 0.000000671. The van der Waals surface area contributed by atoms with Gasteiger partial charge in [0, 0.05) is 0 Å². The van der Waals surface area contributed by atoms with Gasteiger partial charge in [-0.25, -0.2) is 9.97 Å². The Bertz CT molecular complexity index is 294. The molecule has 0 unspecified atom stereocenters. The van der Waals surface area contributed by atoms with E-state index in [0.29, 0.717) is 17.2 Å². The van der Waals surface area contributed by atoms with Crippen LogP contribution in [0, 0.1) is 12.3 Å². The van der Waals surface area contributed by atoms with Crippen LogP contribution in [0.2, 0.25) is 0 Å². The largest absolute Gasteiger partial charge is 0.382 e. The van der Waals surface area contributed by atoms with Crippen molar-refractivity contribution >= 4 is 11.5 Å². The molecule has 0 saturated heterocycles. The second kappa shape index (κ2) is 5.24. The van der Waals surface area contributed by atoms with Crippen molar-refractivity contribution in [2.45, 2.75) is 27.7 Å². The lowest BCUT2D eigenvalue weighted by Crippen LogP contribution is -2.06. The van der Waals surface area contributed by atoms with Gasteiger partial charge in [0.25, 0.3) is 0 Å². The first-order valence-electron chi connectivity index (χ1n) is 4.26. The molecule has 1 rings (SSSR count). The second-order valence-electron chi connectivity index (χ2n) is 2.37. The molecule has 72 valence electrons. The lowest BCUT2D eigenvalue weighted by atomic mass is 10.3. The average Bonchev–Trinajstić information content (AvgIpc) is 2.12. The minimum Gasteiger partial charge on any atom is -0.382 e. The fourth-order valence-electron chi connectivity index (χ4n) is 0.763. The zero-order chi connectivity index (χ0) is 10.4. The van der Waals surface area contributed by atoms with E-state index in [-0.39, 0.29) is 0 Å². The summed E-state index contributed by atoms with van der Waals surface area (Å²) in [5.74, 6) is 0.322. The normalized spacial score (nSPS) is 8.62. The van der Waals surface area contributed by atoms with Crippen LogP contribution in [0.25, 0.3) is 0 Å². The molecule has 1 aromatic heterocycles. The standard InChI is InChI=1S/C7H10N4.C2H6/c1-4-3-10-7(9)6(11-4)5(2)8;1-2/h3,8H,1-2H3,(H2,9,10);1-2H3. The molecule has 0 aliphatic heterocycles. The summed E-state index contributed by atoms with van der Waals surface area (Å²) in [7, 11) is 0. The van der Waals surface area contributed by atoms with Gasteiger partial charge < -0.3 is 11.1 Å². The highest BCUT2D eigenvalue weighted by Gasteiger charge is 2.03. The summed E-state index contributed by atoms with van der Waals surface area (Å²) in [5.41, 5.74) is 7.08. The molecule has 0 spiro atoms. The first kappa shape index (κ1) is 11.6. The summed E-state index contributed by atoms with van der Waals surface area (Å²) in [6, 6.07) is 0. The molecular weight excluding hydrogens is 164 g/mol. The summed E-state index contributed by atoms with van der Waals surface area (Å²) in [6.07, 6.45) is 1.59. The number of nitrogens with one attached hydrogen (secondary N) is 1. The molecule has 0 bridgehead atoms. The van der Waals surface area contributed by atoms with E-state index in [1.165, 1.54) is 0 Å². The number of nitrogens with two attached hydrogens (primary N) is 1. The number of aromatic nitrogens is 2. The number of hydrogen-bond acceptors (Lipinski definition) is 4. The number of hydrogen-bond donors (Lipinski definition) is 2. The highest BCUT2D eigenvalue weighted by molar-refractivity contribution is 5.98. The van der Waals surface area contributed by atoms with Crippen molar-refractivity contribution in [1.29, 1.82) is 5.41 Å². The predicted molar refractivity (Wildman–Crippen MR) is 55.0 cm³/mol. The van der Waals surface area contributed by atoms with E-state index in [9.17, 15) is 0 Å². The molecular formula is C9H16N4. The van der Waals surface area contributed by atoms with Crippen LogP contribution in [-0.2, 0) is 0 Å². The van der Waals surface area contributed by atoms with Crippen LogP contribution in [0.1, 0.15) is 32.2 Å². The van der Waals surface area contributed by atoms with Crippen molar-refractivity contribution in [1.82, 2.24) is 9.97 Å². The van der Waals surface area contributed by atoms with Crippen molar-refractivity contribution in [2.75, 3.05) is 5.73 Å². The van der Waals surface area contributed by atoms with Gasteiger partial charge in [-0.3, -0.25) is 0 Å². The molecule has 0 atom stereocenters. The van der Waals surface area contributed by atoms with Crippen molar-refractivity contribution in [2.24, 2.45) is 0 Å². The summed E-state index contributed by atoms with van der Waals surface area (Å²) in [6.45, 7) is 7.46. The van der Waals surface area contributed by atoms with E-state index >= 15 is 0 Å². The average molecular weight is 180 g/mol. The van der Waals surface area contributed by atoms with E-state index in [4.69, 9.17) is 11.1 Å². The number of anilines is 1. The Labute approximate surface area is 78.7 Å². The third-order valence-corrected chi connectivity index (χ3v) is 1.28. The maximum atomic E-state index is 7.29. The highest BCUT2D eigenvalue weighted by Crippen LogP contribution is 2.05. The summed E-state index contributed by atoms with van der Waals surface area (Å²) < 4.78 is 0. The Morgan fingerprint density at radius 3 is 2.38 bits per heavy atom. The molecule has 0 aromatic carbocycles. The molecule has 1 aromatic rings. The summed E-state index contributed by atoms with van der Waals surface area (Å²) >= 11 is 0. The third-order valence-electron chi connectivity index (χ3n) is 1.28. The molecule has 0 radical (unpaired) electrons. The molecule has 0 amide bonds. The van der Waals surface area contributed by atoms with Gasteiger partial charge in [0.1, 0.15) is 5.69 Å². The number of nitrogens with zero attached hydrogens (tertiary/aromatic N) is 2.